The Hall–Kier alpha value is -0.820. The van der Waals surface area contributed by atoms with E-state index in [2.05, 4.69) is 50.1 Å². The number of allylic oxidation sites excluding steroid dienone is 6. The Morgan fingerprint density at radius 3 is 2.47 bits per heavy atom. The third-order valence-electron chi connectivity index (χ3n) is 3.78. The second-order valence-corrected chi connectivity index (χ2v) is 4.55. The van der Waals surface area contributed by atoms with E-state index in [9.17, 15) is 0 Å². The van der Waals surface area contributed by atoms with Gasteiger partial charge in [0.05, 0.1) is 0 Å². The van der Waals surface area contributed by atoms with Crippen molar-refractivity contribution in [2.24, 2.45) is 5.41 Å². The van der Waals surface area contributed by atoms with Gasteiger partial charge in [0.15, 0.2) is 0 Å². The summed E-state index contributed by atoms with van der Waals surface area (Å²) >= 11 is 0. The number of hydrogen-bond acceptors (Lipinski definition) is 1. The van der Waals surface area contributed by atoms with Crippen LogP contribution in [-0.4, -0.2) is 18.0 Å². The van der Waals surface area contributed by atoms with Gasteiger partial charge in [-0.1, -0.05) is 24.3 Å². The summed E-state index contributed by atoms with van der Waals surface area (Å²) in [4.78, 5) is 2.18. The highest BCUT2D eigenvalue weighted by atomic mass is 15.1. The SMILES string of the molecule is [CH2-]N1CCC2(C=CC(=CC)C2=CC)CC1. The standard InChI is InChI=1S/C14H20N/c1-4-12-6-7-14(13(12)5-2)8-10-15(3)11-9-14/h4-7H,3,8-11H2,1-2H3/q-1. The first-order chi connectivity index (χ1) is 7.22. The molecule has 2 rings (SSSR count). The van der Waals surface area contributed by atoms with E-state index in [-0.39, 0.29) is 0 Å². The summed E-state index contributed by atoms with van der Waals surface area (Å²) in [5.74, 6) is 0. The average molecular weight is 202 g/mol. The van der Waals surface area contributed by atoms with Crippen molar-refractivity contribution < 1.29 is 0 Å². The van der Waals surface area contributed by atoms with Gasteiger partial charge in [0, 0.05) is 5.41 Å². The van der Waals surface area contributed by atoms with Crippen molar-refractivity contribution in [2.75, 3.05) is 13.1 Å². The van der Waals surface area contributed by atoms with E-state index in [4.69, 9.17) is 0 Å². The molecule has 1 nitrogen and oxygen atoms in total. The van der Waals surface area contributed by atoms with Crippen LogP contribution in [0.4, 0.5) is 0 Å². The van der Waals surface area contributed by atoms with E-state index in [0.717, 1.165) is 13.1 Å². The molecule has 1 saturated heterocycles. The molecule has 0 aromatic heterocycles. The fourth-order valence-corrected chi connectivity index (χ4v) is 2.81. The molecule has 0 atom stereocenters. The molecular formula is C14H20N-. The summed E-state index contributed by atoms with van der Waals surface area (Å²) in [6.07, 6.45) is 11.6. The first-order valence-electron chi connectivity index (χ1n) is 5.80. The molecule has 0 bridgehead atoms. The molecule has 0 saturated carbocycles. The van der Waals surface area contributed by atoms with Gasteiger partial charge < -0.3 is 4.90 Å². The largest absolute Gasteiger partial charge is 0.459 e. The van der Waals surface area contributed by atoms with Gasteiger partial charge >= 0.3 is 0 Å². The molecule has 0 amide bonds. The molecule has 2 aliphatic rings. The number of hydrogen-bond donors (Lipinski definition) is 0. The van der Waals surface area contributed by atoms with E-state index < -0.39 is 0 Å². The van der Waals surface area contributed by atoms with E-state index in [1.165, 1.54) is 24.0 Å². The highest BCUT2D eigenvalue weighted by molar-refractivity contribution is 5.52. The fraction of sp³-hybridized carbons (Fsp3) is 0.500. The van der Waals surface area contributed by atoms with Crippen LogP contribution in [0.3, 0.4) is 0 Å². The molecule has 0 unspecified atom stereocenters. The second kappa shape index (κ2) is 3.97. The number of piperidine rings is 1. The molecule has 1 spiro atoms. The highest BCUT2D eigenvalue weighted by Crippen LogP contribution is 2.47. The van der Waals surface area contributed by atoms with Crippen LogP contribution < -0.4 is 0 Å². The van der Waals surface area contributed by atoms with Crippen LogP contribution in [0, 0.1) is 12.5 Å². The van der Waals surface area contributed by atoms with Crippen LogP contribution in [-0.2, 0) is 0 Å². The van der Waals surface area contributed by atoms with Crippen LogP contribution >= 0.6 is 0 Å². The topological polar surface area (TPSA) is 3.24 Å². The van der Waals surface area contributed by atoms with E-state index in [1.807, 2.05) is 0 Å². The molecule has 82 valence electrons. The molecular weight excluding hydrogens is 182 g/mol. The lowest BCUT2D eigenvalue weighted by Crippen LogP contribution is -2.35. The van der Waals surface area contributed by atoms with Crippen LogP contribution in [0.1, 0.15) is 26.7 Å². The van der Waals surface area contributed by atoms with Crippen LogP contribution in [0.2, 0.25) is 0 Å². The van der Waals surface area contributed by atoms with Crippen molar-refractivity contribution in [3.63, 3.8) is 0 Å². The number of rotatable bonds is 0. The van der Waals surface area contributed by atoms with E-state index >= 15 is 0 Å². The van der Waals surface area contributed by atoms with Crippen molar-refractivity contribution in [3.8, 4) is 0 Å². The van der Waals surface area contributed by atoms with E-state index in [0.29, 0.717) is 5.41 Å². The summed E-state index contributed by atoms with van der Waals surface area (Å²) in [5.41, 5.74) is 3.26. The maximum atomic E-state index is 4.02. The zero-order valence-corrected chi connectivity index (χ0v) is 9.79. The average Bonchev–Trinajstić information content (AvgIpc) is 2.61. The number of nitrogens with zero attached hydrogens (tertiary/aromatic N) is 1. The predicted molar refractivity (Wildman–Crippen MR) is 65.3 cm³/mol. The molecule has 1 aliphatic heterocycles. The van der Waals surface area contributed by atoms with E-state index in [1.54, 1.807) is 0 Å². The third kappa shape index (κ3) is 1.69. The zero-order valence-electron chi connectivity index (χ0n) is 9.79. The third-order valence-corrected chi connectivity index (χ3v) is 3.78. The molecule has 1 fully saturated rings. The molecule has 1 aliphatic carbocycles. The fourth-order valence-electron chi connectivity index (χ4n) is 2.81. The van der Waals surface area contributed by atoms with Gasteiger partial charge in [-0.05, 0) is 50.9 Å². The smallest absolute Gasteiger partial charge is 0.0160 e. The molecule has 0 N–H and O–H groups in total. The summed E-state index contributed by atoms with van der Waals surface area (Å²) in [6.45, 7) is 6.50. The van der Waals surface area contributed by atoms with Crippen molar-refractivity contribution in [1.82, 2.24) is 4.90 Å². The predicted octanol–water partition coefficient (Wildman–Crippen LogP) is 3.32. The van der Waals surface area contributed by atoms with Gasteiger partial charge in [-0.15, -0.1) is 0 Å². The first-order valence-corrected chi connectivity index (χ1v) is 5.80. The molecule has 0 aromatic carbocycles. The Balaban J connectivity index is 2.27. The minimum absolute atomic E-state index is 0.324. The van der Waals surface area contributed by atoms with Gasteiger partial charge in [-0.25, -0.2) is 0 Å². The molecule has 0 radical (unpaired) electrons. The van der Waals surface area contributed by atoms with Gasteiger partial charge in [0.1, 0.15) is 0 Å². The quantitative estimate of drug-likeness (QED) is 0.545. The Kier molecular flexibility index (Phi) is 2.83. The van der Waals surface area contributed by atoms with Crippen LogP contribution in [0.25, 0.3) is 0 Å². The van der Waals surface area contributed by atoms with Crippen molar-refractivity contribution in [3.05, 3.63) is 42.5 Å². The van der Waals surface area contributed by atoms with Gasteiger partial charge in [0.25, 0.3) is 0 Å². The lowest BCUT2D eigenvalue weighted by molar-refractivity contribution is 0.215. The normalized spacial score (nSPS) is 30.9. The van der Waals surface area contributed by atoms with Crippen molar-refractivity contribution in [1.29, 1.82) is 0 Å². The Morgan fingerprint density at radius 1 is 1.27 bits per heavy atom. The Labute approximate surface area is 93.2 Å². The summed E-state index contributed by atoms with van der Waals surface area (Å²) < 4.78 is 0. The molecule has 15 heavy (non-hydrogen) atoms. The maximum Gasteiger partial charge on any atom is 0.0160 e. The summed E-state index contributed by atoms with van der Waals surface area (Å²) in [5, 5.41) is 0. The molecule has 1 heteroatoms. The van der Waals surface area contributed by atoms with Crippen molar-refractivity contribution in [2.45, 2.75) is 26.7 Å². The maximum absolute atomic E-state index is 4.02. The Bertz CT molecular complexity index is 325. The minimum Gasteiger partial charge on any atom is -0.459 e. The lowest BCUT2D eigenvalue weighted by atomic mass is 9.74. The molecule has 1 heterocycles. The number of likely N-dealkylation sites (tertiary alicyclic amines) is 1. The van der Waals surface area contributed by atoms with Crippen LogP contribution in [0.5, 0.6) is 0 Å². The minimum atomic E-state index is 0.324. The molecule has 0 aromatic rings. The lowest BCUT2D eigenvalue weighted by Gasteiger charge is -2.42. The Morgan fingerprint density at radius 2 is 1.93 bits per heavy atom. The van der Waals surface area contributed by atoms with Gasteiger partial charge in [0.2, 0.25) is 0 Å². The highest BCUT2D eigenvalue weighted by Gasteiger charge is 2.37. The van der Waals surface area contributed by atoms with Gasteiger partial charge in [-0.2, -0.15) is 0 Å². The van der Waals surface area contributed by atoms with Crippen molar-refractivity contribution >= 4 is 0 Å². The summed E-state index contributed by atoms with van der Waals surface area (Å²) in [7, 11) is 4.02. The second-order valence-electron chi connectivity index (χ2n) is 4.55. The van der Waals surface area contributed by atoms with Crippen LogP contribution in [0.15, 0.2) is 35.5 Å². The summed E-state index contributed by atoms with van der Waals surface area (Å²) in [6, 6.07) is 0. The first kappa shape index (κ1) is 10.7. The zero-order chi connectivity index (χ0) is 10.9. The van der Waals surface area contributed by atoms with Gasteiger partial charge in [-0.3, -0.25) is 7.05 Å². The monoisotopic (exact) mass is 202 g/mol.